The molecule has 2 saturated heterocycles. The van der Waals surface area contributed by atoms with Crippen molar-refractivity contribution in [3.05, 3.63) is 12.4 Å². The summed E-state index contributed by atoms with van der Waals surface area (Å²) in [5.41, 5.74) is 0. The highest BCUT2D eigenvalue weighted by molar-refractivity contribution is 7.89. The van der Waals surface area contributed by atoms with Crippen molar-refractivity contribution >= 4 is 10.0 Å². The van der Waals surface area contributed by atoms with Crippen molar-refractivity contribution in [2.75, 3.05) is 46.1 Å². The van der Waals surface area contributed by atoms with Gasteiger partial charge in [0.05, 0.1) is 26.0 Å². The number of rotatable bonds is 6. The molecule has 0 amide bonds. The predicted octanol–water partition coefficient (Wildman–Crippen LogP) is -0.564. The Labute approximate surface area is 136 Å². The molecule has 2 atom stereocenters. The average Bonchev–Trinajstić information content (AvgIpc) is 3.20. The summed E-state index contributed by atoms with van der Waals surface area (Å²) in [6.07, 6.45) is 3.84. The number of aromatic nitrogens is 2. The summed E-state index contributed by atoms with van der Waals surface area (Å²) in [6.45, 7) is 4.87. The molecule has 1 N–H and O–H groups in total. The SMILES string of the molecule is Cn1cc(S(=O)(=O)NCC(C2CCOC2)N2CCOCC2)cn1. The van der Waals surface area contributed by atoms with Gasteiger partial charge < -0.3 is 9.47 Å². The van der Waals surface area contributed by atoms with Gasteiger partial charge in [-0.1, -0.05) is 0 Å². The Balaban J connectivity index is 1.68. The second-order valence-electron chi connectivity index (χ2n) is 6.04. The molecule has 130 valence electrons. The lowest BCUT2D eigenvalue weighted by atomic mass is 9.97. The third-order valence-corrected chi connectivity index (χ3v) is 5.88. The van der Waals surface area contributed by atoms with Crippen LogP contribution in [0.2, 0.25) is 0 Å². The van der Waals surface area contributed by atoms with Gasteiger partial charge in [-0.25, -0.2) is 13.1 Å². The molecule has 1 aromatic rings. The van der Waals surface area contributed by atoms with E-state index in [1.165, 1.54) is 17.1 Å². The summed E-state index contributed by atoms with van der Waals surface area (Å²) in [6, 6.07) is 0.132. The zero-order valence-electron chi connectivity index (χ0n) is 13.3. The summed E-state index contributed by atoms with van der Waals surface area (Å²) in [5, 5.41) is 3.93. The van der Waals surface area contributed by atoms with E-state index in [4.69, 9.17) is 9.47 Å². The van der Waals surface area contributed by atoms with Gasteiger partial charge in [0, 0.05) is 51.4 Å². The minimum absolute atomic E-state index is 0.132. The highest BCUT2D eigenvalue weighted by Gasteiger charge is 2.32. The Bertz CT molecular complexity index is 606. The lowest BCUT2D eigenvalue weighted by molar-refractivity contribution is 0.00271. The molecule has 0 saturated carbocycles. The van der Waals surface area contributed by atoms with Gasteiger partial charge in [0.2, 0.25) is 10.0 Å². The number of aryl methyl sites for hydroxylation is 1. The normalized spacial score (nSPS) is 24.8. The molecule has 1 aromatic heterocycles. The maximum Gasteiger partial charge on any atom is 0.243 e. The molecule has 0 radical (unpaired) electrons. The van der Waals surface area contributed by atoms with Crippen LogP contribution in [-0.2, 0) is 26.5 Å². The van der Waals surface area contributed by atoms with Gasteiger partial charge in [0.25, 0.3) is 0 Å². The van der Waals surface area contributed by atoms with Gasteiger partial charge in [-0.3, -0.25) is 9.58 Å². The van der Waals surface area contributed by atoms with Crippen LogP contribution < -0.4 is 4.72 Å². The highest BCUT2D eigenvalue weighted by Crippen LogP contribution is 2.22. The summed E-state index contributed by atoms with van der Waals surface area (Å²) in [5.74, 6) is 0.352. The number of hydrogen-bond donors (Lipinski definition) is 1. The van der Waals surface area contributed by atoms with E-state index in [9.17, 15) is 8.42 Å². The number of hydrogen-bond acceptors (Lipinski definition) is 6. The van der Waals surface area contributed by atoms with E-state index >= 15 is 0 Å². The maximum atomic E-state index is 12.4. The third kappa shape index (κ3) is 4.10. The van der Waals surface area contributed by atoms with Crippen molar-refractivity contribution in [2.45, 2.75) is 17.4 Å². The van der Waals surface area contributed by atoms with E-state index in [-0.39, 0.29) is 10.9 Å². The molecule has 0 spiro atoms. The summed E-state index contributed by atoms with van der Waals surface area (Å²) >= 11 is 0. The first kappa shape index (κ1) is 16.8. The molecule has 8 nitrogen and oxygen atoms in total. The number of nitrogens with one attached hydrogen (secondary N) is 1. The largest absolute Gasteiger partial charge is 0.381 e. The van der Waals surface area contributed by atoms with Crippen molar-refractivity contribution in [1.29, 1.82) is 0 Å². The minimum atomic E-state index is -3.53. The second kappa shape index (κ2) is 7.27. The van der Waals surface area contributed by atoms with Gasteiger partial charge in [-0.2, -0.15) is 5.10 Å². The van der Waals surface area contributed by atoms with E-state index in [2.05, 4.69) is 14.7 Å². The molecular formula is C14H24N4O4S. The van der Waals surface area contributed by atoms with E-state index in [1.807, 2.05) is 0 Å². The van der Waals surface area contributed by atoms with Crippen molar-refractivity contribution in [1.82, 2.24) is 19.4 Å². The molecule has 2 fully saturated rings. The molecule has 0 aliphatic carbocycles. The zero-order valence-corrected chi connectivity index (χ0v) is 14.2. The van der Waals surface area contributed by atoms with Crippen LogP contribution in [-0.4, -0.2) is 75.2 Å². The summed E-state index contributed by atoms with van der Waals surface area (Å²) in [4.78, 5) is 2.51. The first-order chi connectivity index (χ1) is 11.1. The fourth-order valence-electron chi connectivity index (χ4n) is 3.18. The van der Waals surface area contributed by atoms with Crippen LogP contribution in [0, 0.1) is 5.92 Å². The topological polar surface area (TPSA) is 85.7 Å². The number of ether oxygens (including phenoxy) is 2. The van der Waals surface area contributed by atoms with E-state index in [1.54, 1.807) is 7.05 Å². The molecule has 2 aliphatic heterocycles. The van der Waals surface area contributed by atoms with Crippen LogP contribution in [0.3, 0.4) is 0 Å². The molecule has 0 aromatic carbocycles. The van der Waals surface area contributed by atoms with E-state index in [0.29, 0.717) is 32.3 Å². The smallest absolute Gasteiger partial charge is 0.243 e. The van der Waals surface area contributed by atoms with E-state index in [0.717, 1.165) is 26.1 Å². The average molecular weight is 344 g/mol. The van der Waals surface area contributed by atoms with Crippen LogP contribution >= 0.6 is 0 Å². The molecule has 3 rings (SSSR count). The van der Waals surface area contributed by atoms with E-state index < -0.39 is 10.0 Å². The van der Waals surface area contributed by atoms with Gasteiger partial charge >= 0.3 is 0 Å². The minimum Gasteiger partial charge on any atom is -0.381 e. The van der Waals surface area contributed by atoms with Crippen LogP contribution in [0.25, 0.3) is 0 Å². The van der Waals surface area contributed by atoms with Crippen molar-refractivity contribution in [2.24, 2.45) is 13.0 Å². The summed E-state index contributed by atoms with van der Waals surface area (Å²) < 4.78 is 40.0. The third-order valence-electron chi connectivity index (χ3n) is 4.50. The molecule has 9 heteroatoms. The lowest BCUT2D eigenvalue weighted by Gasteiger charge is -2.37. The van der Waals surface area contributed by atoms with Gasteiger partial charge in [-0.15, -0.1) is 0 Å². The van der Waals surface area contributed by atoms with Gasteiger partial charge in [0.1, 0.15) is 4.90 Å². The predicted molar refractivity (Wildman–Crippen MR) is 83.5 cm³/mol. The Morgan fingerprint density at radius 3 is 2.74 bits per heavy atom. The van der Waals surface area contributed by atoms with Crippen molar-refractivity contribution in [3.8, 4) is 0 Å². The Morgan fingerprint density at radius 2 is 2.13 bits per heavy atom. The van der Waals surface area contributed by atoms with Crippen LogP contribution in [0.4, 0.5) is 0 Å². The lowest BCUT2D eigenvalue weighted by Crippen LogP contribution is -2.52. The quantitative estimate of drug-likeness (QED) is 0.744. The van der Waals surface area contributed by atoms with Crippen LogP contribution in [0.1, 0.15) is 6.42 Å². The van der Waals surface area contributed by atoms with Crippen LogP contribution in [0.5, 0.6) is 0 Å². The monoisotopic (exact) mass is 344 g/mol. The Morgan fingerprint density at radius 1 is 1.35 bits per heavy atom. The Hall–Kier alpha value is -1.00. The first-order valence-corrected chi connectivity index (χ1v) is 9.42. The van der Waals surface area contributed by atoms with Crippen molar-refractivity contribution in [3.63, 3.8) is 0 Å². The fraction of sp³-hybridized carbons (Fsp3) is 0.786. The molecule has 2 aliphatic rings. The number of morpholine rings is 1. The maximum absolute atomic E-state index is 12.4. The fourth-order valence-corrected chi connectivity index (χ4v) is 4.21. The van der Waals surface area contributed by atoms with Crippen LogP contribution in [0.15, 0.2) is 17.3 Å². The molecule has 0 bridgehead atoms. The molecular weight excluding hydrogens is 320 g/mol. The van der Waals surface area contributed by atoms with Gasteiger partial charge in [-0.05, 0) is 6.42 Å². The molecule has 23 heavy (non-hydrogen) atoms. The molecule has 3 heterocycles. The standard InChI is InChI=1S/C14H24N4O4S/c1-17-10-13(8-15-17)23(19,20)16-9-14(12-2-5-22-11-12)18-3-6-21-7-4-18/h8,10,12,14,16H,2-7,9,11H2,1H3. The Kier molecular flexibility index (Phi) is 5.32. The van der Waals surface area contributed by atoms with Crippen molar-refractivity contribution < 1.29 is 17.9 Å². The second-order valence-corrected chi connectivity index (χ2v) is 7.81. The highest BCUT2D eigenvalue weighted by atomic mass is 32.2. The number of sulfonamides is 1. The molecule has 2 unspecified atom stereocenters. The number of nitrogens with zero attached hydrogens (tertiary/aromatic N) is 3. The summed E-state index contributed by atoms with van der Waals surface area (Å²) in [7, 11) is -1.83. The van der Waals surface area contributed by atoms with Gasteiger partial charge in [0.15, 0.2) is 0 Å². The first-order valence-electron chi connectivity index (χ1n) is 7.94. The zero-order chi connectivity index (χ0) is 16.3.